The Morgan fingerprint density at radius 1 is 0.743 bits per heavy atom. The van der Waals surface area contributed by atoms with Crippen molar-refractivity contribution < 1.29 is 18.3 Å². The molecule has 1 fully saturated rings. The van der Waals surface area contributed by atoms with Gasteiger partial charge in [0.1, 0.15) is 0 Å². The summed E-state index contributed by atoms with van der Waals surface area (Å²) in [6, 6.07) is 11.0. The topological polar surface area (TPSA) is 18.5 Å². The summed E-state index contributed by atoms with van der Waals surface area (Å²) in [5, 5.41) is 0. The molecule has 1 aliphatic carbocycles. The van der Waals surface area contributed by atoms with Crippen molar-refractivity contribution in [2.75, 3.05) is 13.7 Å². The lowest BCUT2D eigenvalue weighted by atomic mass is 9.81. The lowest BCUT2D eigenvalue weighted by Crippen LogP contribution is -2.24. The molecule has 0 bridgehead atoms. The summed E-state index contributed by atoms with van der Waals surface area (Å²) in [7, 11) is 1.77. The van der Waals surface area contributed by atoms with E-state index < -0.39 is 11.6 Å². The highest BCUT2D eigenvalue weighted by Crippen LogP contribution is 2.36. The SMILES string of the molecule is CCCCCCCCCCCCOc1ccc(-c2ccc([C@H]3CCCC[C@@H]3OC)cc2)c(F)c1F. The summed E-state index contributed by atoms with van der Waals surface area (Å²) in [6.45, 7) is 2.66. The maximum absolute atomic E-state index is 14.9. The van der Waals surface area contributed by atoms with Gasteiger partial charge in [0.25, 0.3) is 0 Å². The summed E-state index contributed by atoms with van der Waals surface area (Å²) < 4.78 is 40.8. The number of unbranched alkanes of at least 4 members (excludes halogenated alkanes) is 9. The van der Waals surface area contributed by atoms with Crippen molar-refractivity contribution in [1.29, 1.82) is 0 Å². The average molecular weight is 487 g/mol. The van der Waals surface area contributed by atoms with Crippen LogP contribution in [0.15, 0.2) is 36.4 Å². The first-order valence-corrected chi connectivity index (χ1v) is 13.9. The zero-order chi connectivity index (χ0) is 24.9. The van der Waals surface area contributed by atoms with Crippen LogP contribution in [0, 0.1) is 11.6 Å². The fraction of sp³-hybridized carbons (Fsp3) is 0.613. The lowest BCUT2D eigenvalue weighted by Gasteiger charge is -2.30. The molecule has 0 spiro atoms. The van der Waals surface area contributed by atoms with Gasteiger partial charge < -0.3 is 9.47 Å². The predicted octanol–water partition coefficient (Wildman–Crippen LogP) is 9.60. The molecule has 0 unspecified atom stereocenters. The molecule has 0 heterocycles. The maximum atomic E-state index is 14.9. The Balaban J connectivity index is 1.45. The van der Waals surface area contributed by atoms with E-state index in [0.717, 1.165) is 25.7 Å². The van der Waals surface area contributed by atoms with Crippen LogP contribution in [0.5, 0.6) is 5.75 Å². The molecule has 3 rings (SSSR count). The average Bonchev–Trinajstić information content (AvgIpc) is 2.90. The highest BCUT2D eigenvalue weighted by atomic mass is 19.2. The van der Waals surface area contributed by atoms with E-state index >= 15 is 0 Å². The van der Waals surface area contributed by atoms with Crippen LogP contribution >= 0.6 is 0 Å². The van der Waals surface area contributed by atoms with E-state index in [1.807, 2.05) is 24.3 Å². The largest absolute Gasteiger partial charge is 0.490 e. The predicted molar refractivity (Wildman–Crippen MR) is 141 cm³/mol. The normalized spacial score (nSPS) is 18.1. The molecular formula is C31H44F2O2. The second-order valence-electron chi connectivity index (χ2n) is 10.1. The molecule has 0 N–H and O–H groups in total. The van der Waals surface area contributed by atoms with Gasteiger partial charge in [0, 0.05) is 18.6 Å². The van der Waals surface area contributed by atoms with Crippen molar-refractivity contribution in [3.05, 3.63) is 53.6 Å². The fourth-order valence-electron chi connectivity index (χ4n) is 5.31. The van der Waals surface area contributed by atoms with Crippen LogP contribution in [0.1, 0.15) is 108 Å². The molecule has 0 aliphatic heterocycles. The second kappa shape index (κ2) is 15.2. The number of halogens is 2. The van der Waals surface area contributed by atoms with Crippen LogP contribution < -0.4 is 4.74 Å². The van der Waals surface area contributed by atoms with Crippen molar-refractivity contribution in [2.45, 2.75) is 109 Å². The zero-order valence-electron chi connectivity index (χ0n) is 21.8. The third kappa shape index (κ3) is 8.31. The standard InChI is InChI=1S/C31H44F2O2/c1-3-4-5-6-7-8-9-10-11-14-23-35-29-22-21-27(30(32)31(29)33)25-19-17-24(18-20-25)26-15-12-13-16-28(26)34-2/h17-22,26,28H,3-16,23H2,1-2H3/t26-,28+/m1/s1. The first-order valence-electron chi connectivity index (χ1n) is 13.9. The quantitative estimate of drug-likeness (QED) is 0.233. The number of methoxy groups -OCH3 is 1. The van der Waals surface area contributed by atoms with Crippen molar-refractivity contribution in [3.8, 4) is 16.9 Å². The summed E-state index contributed by atoms with van der Waals surface area (Å²) in [6.07, 6.45) is 17.1. The van der Waals surface area contributed by atoms with Crippen molar-refractivity contribution >= 4 is 0 Å². The minimum Gasteiger partial charge on any atom is -0.490 e. The van der Waals surface area contributed by atoms with Crippen molar-refractivity contribution in [1.82, 2.24) is 0 Å². The Kier molecular flexibility index (Phi) is 12.0. The van der Waals surface area contributed by atoms with Gasteiger partial charge in [0.05, 0.1) is 12.7 Å². The Morgan fingerprint density at radius 2 is 1.37 bits per heavy atom. The molecule has 0 aromatic heterocycles. The lowest BCUT2D eigenvalue weighted by molar-refractivity contribution is 0.0523. The van der Waals surface area contributed by atoms with Gasteiger partial charge in [-0.3, -0.25) is 0 Å². The molecule has 2 atom stereocenters. The summed E-state index contributed by atoms with van der Waals surface area (Å²) >= 11 is 0. The molecule has 1 saturated carbocycles. The Morgan fingerprint density at radius 3 is 2.03 bits per heavy atom. The first-order chi connectivity index (χ1) is 17.2. The number of hydrogen-bond donors (Lipinski definition) is 0. The third-order valence-corrected chi connectivity index (χ3v) is 7.46. The monoisotopic (exact) mass is 486 g/mol. The summed E-state index contributed by atoms with van der Waals surface area (Å²) in [4.78, 5) is 0. The Bertz CT molecular complexity index is 865. The van der Waals surface area contributed by atoms with E-state index in [1.54, 1.807) is 19.2 Å². The minimum absolute atomic E-state index is 0.00364. The van der Waals surface area contributed by atoms with Gasteiger partial charge in [0.2, 0.25) is 5.82 Å². The fourth-order valence-corrected chi connectivity index (χ4v) is 5.31. The molecule has 2 aromatic rings. The summed E-state index contributed by atoms with van der Waals surface area (Å²) in [5.41, 5.74) is 2.15. The van der Waals surface area contributed by atoms with Crippen molar-refractivity contribution in [3.63, 3.8) is 0 Å². The molecule has 4 heteroatoms. The number of benzene rings is 2. The number of rotatable bonds is 15. The molecule has 0 radical (unpaired) electrons. The van der Waals surface area contributed by atoms with E-state index in [4.69, 9.17) is 9.47 Å². The van der Waals surface area contributed by atoms with E-state index in [1.165, 1.54) is 69.8 Å². The summed E-state index contributed by atoms with van der Waals surface area (Å²) in [5.74, 6) is -1.37. The van der Waals surface area contributed by atoms with Gasteiger partial charge in [-0.15, -0.1) is 0 Å². The van der Waals surface area contributed by atoms with Gasteiger partial charge in [-0.2, -0.15) is 4.39 Å². The molecule has 0 amide bonds. The van der Waals surface area contributed by atoms with Gasteiger partial charge in [0.15, 0.2) is 11.6 Å². The maximum Gasteiger partial charge on any atom is 0.201 e. The highest BCUT2D eigenvalue weighted by Gasteiger charge is 2.26. The minimum atomic E-state index is -0.898. The number of ether oxygens (including phenoxy) is 2. The molecule has 35 heavy (non-hydrogen) atoms. The second-order valence-corrected chi connectivity index (χ2v) is 10.1. The van der Waals surface area contributed by atoms with Crippen LogP contribution in [-0.4, -0.2) is 19.8 Å². The van der Waals surface area contributed by atoms with Gasteiger partial charge in [-0.25, -0.2) is 4.39 Å². The molecular weight excluding hydrogens is 442 g/mol. The zero-order valence-corrected chi connectivity index (χ0v) is 21.8. The van der Waals surface area contributed by atoms with Crippen LogP contribution in [0.4, 0.5) is 8.78 Å². The molecule has 2 nitrogen and oxygen atoms in total. The molecule has 1 aliphatic rings. The Hall–Kier alpha value is -1.94. The first kappa shape index (κ1) is 27.6. The molecule has 2 aromatic carbocycles. The number of hydrogen-bond acceptors (Lipinski definition) is 2. The Labute approximate surface area is 211 Å². The third-order valence-electron chi connectivity index (χ3n) is 7.46. The van der Waals surface area contributed by atoms with Gasteiger partial charge in [-0.1, -0.05) is 102 Å². The van der Waals surface area contributed by atoms with E-state index in [0.29, 0.717) is 18.1 Å². The van der Waals surface area contributed by atoms with Gasteiger partial charge >= 0.3 is 0 Å². The van der Waals surface area contributed by atoms with Crippen LogP contribution in [-0.2, 0) is 4.74 Å². The smallest absolute Gasteiger partial charge is 0.201 e. The van der Waals surface area contributed by atoms with Crippen molar-refractivity contribution in [2.24, 2.45) is 0 Å². The molecule has 194 valence electrons. The van der Waals surface area contributed by atoms with E-state index in [-0.39, 0.29) is 17.4 Å². The van der Waals surface area contributed by atoms with E-state index in [9.17, 15) is 8.78 Å². The highest BCUT2D eigenvalue weighted by molar-refractivity contribution is 5.65. The van der Waals surface area contributed by atoms with Gasteiger partial charge in [-0.05, 0) is 42.5 Å². The molecule has 0 saturated heterocycles. The van der Waals surface area contributed by atoms with Crippen LogP contribution in [0.3, 0.4) is 0 Å². The van der Waals surface area contributed by atoms with E-state index in [2.05, 4.69) is 6.92 Å². The van der Waals surface area contributed by atoms with Crippen LogP contribution in [0.25, 0.3) is 11.1 Å². The van der Waals surface area contributed by atoms with Crippen LogP contribution in [0.2, 0.25) is 0 Å².